The summed E-state index contributed by atoms with van der Waals surface area (Å²) in [6.07, 6.45) is 1.39. The predicted molar refractivity (Wildman–Crippen MR) is 59.6 cm³/mol. The minimum absolute atomic E-state index is 0.00488. The van der Waals surface area contributed by atoms with Crippen molar-refractivity contribution in [2.75, 3.05) is 13.2 Å². The third-order valence-corrected chi connectivity index (χ3v) is 3.51. The fourth-order valence-corrected chi connectivity index (χ4v) is 2.37. The number of aryl methyl sites for hydroxylation is 1. The predicted octanol–water partition coefficient (Wildman–Crippen LogP) is -0.348. The van der Waals surface area contributed by atoms with Crippen molar-refractivity contribution >= 4 is 16.0 Å². The third kappa shape index (κ3) is 3.82. The monoisotopic (exact) mass is 261 g/mol. The number of rotatable bonds is 6. The first-order valence-corrected chi connectivity index (χ1v) is 6.59. The minimum Gasteiger partial charge on any atom is -0.466 e. The summed E-state index contributed by atoms with van der Waals surface area (Å²) >= 11 is 0. The van der Waals surface area contributed by atoms with Crippen molar-refractivity contribution in [1.29, 1.82) is 0 Å². The van der Waals surface area contributed by atoms with E-state index in [0.717, 1.165) is 0 Å². The molecule has 96 valence electrons. The summed E-state index contributed by atoms with van der Waals surface area (Å²) in [6.45, 7) is 1.98. The number of ether oxygens (including phenoxy) is 1. The molecule has 0 amide bonds. The van der Waals surface area contributed by atoms with E-state index in [9.17, 15) is 13.2 Å². The zero-order chi connectivity index (χ0) is 12.9. The molecule has 7 nitrogen and oxygen atoms in total. The second kappa shape index (κ2) is 5.78. The Morgan fingerprint density at radius 1 is 1.59 bits per heavy atom. The molecule has 0 saturated carbocycles. The first-order chi connectivity index (χ1) is 7.97. The number of sulfonamides is 1. The molecular formula is C9H15N3O4S. The Hall–Kier alpha value is -1.41. The summed E-state index contributed by atoms with van der Waals surface area (Å²) in [5, 5.41) is 3.82. The van der Waals surface area contributed by atoms with Crippen molar-refractivity contribution in [1.82, 2.24) is 14.5 Å². The molecule has 0 radical (unpaired) electrons. The van der Waals surface area contributed by atoms with Gasteiger partial charge in [0.1, 0.15) is 0 Å². The highest BCUT2D eigenvalue weighted by Gasteiger charge is 2.17. The summed E-state index contributed by atoms with van der Waals surface area (Å²) in [6, 6.07) is 1.38. The van der Waals surface area contributed by atoms with E-state index in [-0.39, 0.29) is 24.6 Å². The smallest absolute Gasteiger partial charge is 0.307 e. The van der Waals surface area contributed by atoms with Crippen LogP contribution in [-0.2, 0) is 26.6 Å². The average molecular weight is 261 g/mol. The Bertz CT molecular complexity index is 480. The number of nitrogens with one attached hydrogen (secondary N) is 1. The molecule has 0 unspecified atom stereocenters. The Labute approximate surface area is 99.8 Å². The average Bonchev–Trinajstić information content (AvgIpc) is 2.65. The van der Waals surface area contributed by atoms with Crippen LogP contribution in [-0.4, -0.2) is 37.3 Å². The van der Waals surface area contributed by atoms with Crippen molar-refractivity contribution in [3.05, 3.63) is 12.3 Å². The highest BCUT2D eigenvalue weighted by molar-refractivity contribution is 7.89. The second-order valence-corrected chi connectivity index (χ2v) is 4.96. The molecule has 0 bridgehead atoms. The number of carbonyl (C=O) groups is 1. The molecule has 0 atom stereocenters. The maximum atomic E-state index is 11.7. The van der Waals surface area contributed by atoms with Crippen LogP contribution in [0.15, 0.2) is 17.3 Å². The van der Waals surface area contributed by atoms with Gasteiger partial charge in [0.25, 0.3) is 10.0 Å². The molecule has 1 aromatic rings. The molecule has 1 N–H and O–H groups in total. The summed E-state index contributed by atoms with van der Waals surface area (Å²) in [5.41, 5.74) is 0. The Balaban J connectivity index is 2.52. The van der Waals surface area contributed by atoms with Gasteiger partial charge in [0.05, 0.1) is 19.2 Å². The van der Waals surface area contributed by atoms with E-state index in [2.05, 4.69) is 14.6 Å². The SMILES string of the molecule is CCOC(=O)CCNS(=O)(=O)c1ccnn1C. The molecule has 1 aromatic heterocycles. The molecule has 0 saturated heterocycles. The van der Waals surface area contributed by atoms with Gasteiger partial charge in [-0.05, 0) is 13.0 Å². The van der Waals surface area contributed by atoms with E-state index in [1.807, 2.05) is 0 Å². The maximum absolute atomic E-state index is 11.7. The van der Waals surface area contributed by atoms with E-state index >= 15 is 0 Å². The summed E-state index contributed by atoms with van der Waals surface area (Å²) < 4.78 is 31.7. The molecule has 0 aromatic carbocycles. The normalized spacial score (nSPS) is 11.4. The van der Waals surface area contributed by atoms with Crippen LogP contribution in [0.1, 0.15) is 13.3 Å². The van der Waals surface area contributed by atoms with E-state index in [1.54, 1.807) is 6.92 Å². The number of esters is 1. The van der Waals surface area contributed by atoms with Crippen LogP contribution in [0, 0.1) is 0 Å². The van der Waals surface area contributed by atoms with Crippen molar-refractivity contribution in [2.45, 2.75) is 18.4 Å². The molecule has 0 aliphatic carbocycles. The van der Waals surface area contributed by atoms with Crippen molar-refractivity contribution in [2.24, 2.45) is 7.05 Å². The zero-order valence-corrected chi connectivity index (χ0v) is 10.5. The Morgan fingerprint density at radius 2 is 2.29 bits per heavy atom. The van der Waals surface area contributed by atoms with Crippen LogP contribution in [0.2, 0.25) is 0 Å². The van der Waals surface area contributed by atoms with Gasteiger partial charge in [0.2, 0.25) is 0 Å². The molecule has 0 fully saturated rings. The lowest BCUT2D eigenvalue weighted by Gasteiger charge is -2.06. The molecular weight excluding hydrogens is 246 g/mol. The molecule has 0 spiro atoms. The van der Waals surface area contributed by atoms with Crippen molar-refractivity contribution in [3.8, 4) is 0 Å². The molecule has 1 heterocycles. The summed E-state index contributed by atoms with van der Waals surface area (Å²) in [4.78, 5) is 11.0. The number of aromatic nitrogens is 2. The van der Waals surface area contributed by atoms with Gasteiger partial charge in [-0.1, -0.05) is 0 Å². The van der Waals surface area contributed by atoms with Crippen LogP contribution in [0.4, 0.5) is 0 Å². The van der Waals surface area contributed by atoms with Crippen LogP contribution in [0.3, 0.4) is 0 Å². The number of nitrogens with zero attached hydrogens (tertiary/aromatic N) is 2. The molecule has 0 aliphatic heterocycles. The molecule has 17 heavy (non-hydrogen) atoms. The standard InChI is InChI=1S/C9H15N3O4S/c1-3-16-9(13)5-7-11-17(14,15)8-4-6-10-12(8)2/h4,6,11H,3,5,7H2,1-2H3. The van der Waals surface area contributed by atoms with Crippen LogP contribution < -0.4 is 4.72 Å². The van der Waals surface area contributed by atoms with E-state index in [1.165, 1.54) is 24.0 Å². The number of hydrogen-bond acceptors (Lipinski definition) is 5. The highest BCUT2D eigenvalue weighted by Crippen LogP contribution is 2.05. The molecule has 0 aliphatic rings. The molecule has 8 heteroatoms. The van der Waals surface area contributed by atoms with E-state index < -0.39 is 16.0 Å². The fraction of sp³-hybridized carbons (Fsp3) is 0.556. The lowest BCUT2D eigenvalue weighted by atomic mass is 10.4. The molecule has 1 rings (SSSR count). The Kier molecular flexibility index (Phi) is 4.64. The van der Waals surface area contributed by atoms with Crippen LogP contribution in [0.5, 0.6) is 0 Å². The minimum atomic E-state index is -3.62. The lowest BCUT2D eigenvalue weighted by molar-refractivity contribution is -0.142. The number of carbonyl (C=O) groups excluding carboxylic acids is 1. The van der Waals surface area contributed by atoms with E-state index in [4.69, 9.17) is 0 Å². The van der Waals surface area contributed by atoms with E-state index in [0.29, 0.717) is 0 Å². The zero-order valence-electron chi connectivity index (χ0n) is 9.71. The van der Waals surface area contributed by atoms with Crippen molar-refractivity contribution in [3.63, 3.8) is 0 Å². The van der Waals surface area contributed by atoms with Crippen LogP contribution in [0.25, 0.3) is 0 Å². The summed E-state index contributed by atoms with van der Waals surface area (Å²) in [7, 11) is -2.09. The van der Waals surface area contributed by atoms with Crippen LogP contribution >= 0.6 is 0 Å². The second-order valence-electron chi connectivity index (χ2n) is 3.25. The van der Waals surface area contributed by atoms with Gasteiger partial charge in [0.15, 0.2) is 5.03 Å². The fourth-order valence-electron chi connectivity index (χ4n) is 1.22. The maximum Gasteiger partial charge on any atom is 0.307 e. The topological polar surface area (TPSA) is 90.3 Å². The van der Waals surface area contributed by atoms with Gasteiger partial charge in [-0.15, -0.1) is 0 Å². The van der Waals surface area contributed by atoms with Gasteiger partial charge in [-0.2, -0.15) is 5.10 Å². The van der Waals surface area contributed by atoms with Gasteiger partial charge in [0, 0.05) is 13.6 Å². The largest absolute Gasteiger partial charge is 0.466 e. The first kappa shape index (κ1) is 13.7. The van der Waals surface area contributed by atoms with Gasteiger partial charge >= 0.3 is 5.97 Å². The van der Waals surface area contributed by atoms with Gasteiger partial charge in [-0.3, -0.25) is 9.48 Å². The van der Waals surface area contributed by atoms with Crippen molar-refractivity contribution < 1.29 is 17.9 Å². The van der Waals surface area contributed by atoms with Gasteiger partial charge < -0.3 is 4.74 Å². The number of hydrogen-bond donors (Lipinski definition) is 1. The summed E-state index contributed by atoms with van der Waals surface area (Å²) in [5.74, 6) is -0.430. The first-order valence-electron chi connectivity index (χ1n) is 5.10. The third-order valence-electron chi connectivity index (χ3n) is 1.98. The Morgan fingerprint density at radius 3 is 2.82 bits per heavy atom. The van der Waals surface area contributed by atoms with Gasteiger partial charge in [-0.25, -0.2) is 13.1 Å². The quantitative estimate of drug-likeness (QED) is 0.707. The highest BCUT2D eigenvalue weighted by atomic mass is 32.2. The lowest BCUT2D eigenvalue weighted by Crippen LogP contribution is -2.28.